The molecule has 0 aliphatic heterocycles. The quantitative estimate of drug-likeness (QED) is 0.837. The maximum absolute atomic E-state index is 13.9. The summed E-state index contributed by atoms with van der Waals surface area (Å²) in [5.74, 6) is -3.26. The predicted octanol–water partition coefficient (Wildman–Crippen LogP) is 2.58. The highest BCUT2D eigenvalue weighted by molar-refractivity contribution is 5.92. The summed E-state index contributed by atoms with van der Waals surface area (Å²) in [6.07, 6.45) is 0. The molecule has 0 spiro atoms. The fourth-order valence-electron chi connectivity index (χ4n) is 2.29. The first-order valence-corrected chi connectivity index (χ1v) is 7.71. The normalized spacial score (nSPS) is 11.0. The molecule has 0 fully saturated rings. The Morgan fingerprint density at radius 3 is 2.64 bits per heavy atom. The third kappa shape index (κ3) is 3.84. The molecule has 0 aliphatic carbocycles. The molecule has 0 radical (unpaired) electrons. The zero-order chi connectivity index (χ0) is 18.7. The van der Waals surface area contributed by atoms with Gasteiger partial charge in [0.25, 0.3) is 5.56 Å². The van der Waals surface area contributed by atoms with Crippen molar-refractivity contribution < 1.29 is 23.4 Å². The third-order valence-electron chi connectivity index (χ3n) is 3.51. The van der Waals surface area contributed by atoms with E-state index in [9.17, 15) is 23.5 Å². The van der Waals surface area contributed by atoms with Crippen LogP contribution < -0.4 is 5.56 Å². The van der Waals surface area contributed by atoms with E-state index in [0.717, 1.165) is 22.9 Å². The SMILES string of the molecule is CCOC(=O)c1c(O)c(C(C)C)nn(Cc2cc(F)ccc2F)c1=O. The lowest BCUT2D eigenvalue weighted by Gasteiger charge is -2.14. The second kappa shape index (κ2) is 7.42. The first-order valence-electron chi connectivity index (χ1n) is 7.71. The number of benzene rings is 1. The lowest BCUT2D eigenvalue weighted by Crippen LogP contribution is -2.31. The Morgan fingerprint density at radius 2 is 2.04 bits per heavy atom. The number of aromatic hydroxyl groups is 1. The third-order valence-corrected chi connectivity index (χ3v) is 3.51. The van der Waals surface area contributed by atoms with Gasteiger partial charge in [-0.15, -0.1) is 0 Å². The summed E-state index contributed by atoms with van der Waals surface area (Å²) in [5, 5.41) is 14.2. The lowest BCUT2D eigenvalue weighted by molar-refractivity contribution is 0.0519. The van der Waals surface area contributed by atoms with E-state index in [-0.39, 0.29) is 23.8 Å². The number of hydrogen-bond acceptors (Lipinski definition) is 5. The van der Waals surface area contributed by atoms with E-state index < -0.39 is 41.0 Å². The van der Waals surface area contributed by atoms with E-state index in [1.807, 2.05) is 0 Å². The number of aromatic nitrogens is 2. The van der Waals surface area contributed by atoms with Crippen LogP contribution in [0.15, 0.2) is 23.0 Å². The van der Waals surface area contributed by atoms with Gasteiger partial charge in [-0.3, -0.25) is 4.79 Å². The molecule has 2 rings (SSSR count). The summed E-state index contributed by atoms with van der Waals surface area (Å²) in [5.41, 5.74) is -1.54. The molecular formula is C17H18F2N2O4. The van der Waals surface area contributed by atoms with Gasteiger partial charge in [0.15, 0.2) is 11.3 Å². The number of hydrogen-bond donors (Lipinski definition) is 1. The van der Waals surface area contributed by atoms with Crippen molar-refractivity contribution in [3.63, 3.8) is 0 Å². The molecule has 25 heavy (non-hydrogen) atoms. The largest absolute Gasteiger partial charge is 0.505 e. The van der Waals surface area contributed by atoms with Crippen molar-refractivity contribution in [3.05, 3.63) is 57.0 Å². The molecule has 6 nitrogen and oxygen atoms in total. The monoisotopic (exact) mass is 352 g/mol. The van der Waals surface area contributed by atoms with Crippen molar-refractivity contribution >= 4 is 5.97 Å². The van der Waals surface area contributed by atoms with Gasteiger partial charge in [0.2, 0.25) is 0 Å². The molecule has 1 heterocycles. The Bertz CT molecular complexity index is 862. The van der Waals surface area contributed by atoms with Crippen molar-refractivity contribution in [1.29, 1.82) is 0 Å². The summed E-state index contributed by atoms with van der Waals surface area (Å²) in [7, 11) is 0. The first-order chi connectivity index (χ1) is 11.8. The molecule has 0 unspecified atom stereocenters. The van der Waals surface area contributed by atoms with E-state index in [1.165, 1.54) is 0 Å². The predicted molar refractivity (Wildman–Crippen MR) is 85.7 cm³/mol. The van der Waals surface area contributed by atoms with Crippen molar-refractivity contribution in [2.45, 2.75) is 33.2 Å². The van der Waals surface area contributed by atoms with E-state index >= 15 is 0 Å². The van der Waals surface area contributed by atoms with Crippen LogP contribution in [0.3, 0.4) is 0 Å². The van der Waals surface area contributed by atoms with Crippen LogP contribution in [0.4, 0.5) is 8.78 Å². The standard InChI is InChI=1S/C17H18F2N2O4/c1-4-25-17(24)13-15(22)14(9(2)3)20-21(16(13)23)8-10-7-11(18)5-6-12(10)19/h5-7,9,22H,4,8H2,1-3H3. The average Bonchev–Trinajstić information content (AvgIpc) is 2.53. The fourth-order valence-corrected chi connectivity index (χ4v) is 2.29. The van der Waals surface area contributed by atoms with Crippen molar-refractivity contribution in [2.24, 2.45) is 0 Å². The van der Waals surface area contributed by atoms with Gasteiger partial charge in [-0.1, -0.05) is 13.8 Å². The number of carbonyl (C=O) groups is 1. The molecule has 0 aliphatic rings. The van der Waals surface area contributed by atoms with Gasteiger partial charge in [-0.25, -0.2) is 18.3 Å². The number of ether oxygens (including phenoxy) is 1. The summed E-state index contributed by atoms with van der Waals surface area (Å²) in [4.78, 5) is 24.5. The Hall–Kier alpha value is -2.77. The number of rotatable bonds is 5. The minimum atomic E-state index is -0.997. The first kappa shape index (κ1) is 18.6. The van der Waals surface area contributed by atoms with Crippen LogP contribution >= 0.6 is 0 Å². The molecule has 0 amide bonds. The van der Waals surface area contributed by atoms with Gasteiger partial charge in [0.05, 0.1) is 13.2 Å². The van der Waals surface area contributed by atoms with E-state index in [1.54, 1.807) is 20.8 Å². The fraction of sp³-hybridized carbons (Fsp3) is 0.353. The molecule has 0 bridgehead atoms. The van der Waals surface area contributed by atoms with Gasteiger partial charge >= 0.3 is 5.97 Å². The molecular weight excluding hydrogens is 334 g/mol. The maximum Gasteiger partial charge on any atom is 0.347 e. The van der Waals surface area contributed by atoms with Crippen LogP contribution in [0, 0.1) is 11.6 Å². The van der Waals surface area contributed by atoms with E-state index in [4.69, 9.17) is 4.74 Å². The van der Waals surface area contributed by atoms with Crippen molar-refractivity contribution in [3.8, 4) is 5.75 Å². The summed E-state index contributed by atoms with van der Waals surface area (Å²) in [6.45, 7) is 4.58. The molecule has 0 saturated heterocycles. The van der Waals surface area contributed by atoms with E-state index in [0.29, 0.717) is 0 Å². The average molecular weight is 352 g/mol. The van der Waals surface area contributed by atoms with Gasteiger partial charge in [-0.2, -0.15) is 5.10 Å². The summed E-state index contributed by atoms with van der Waals surface area (Å²) >= 11 is 0. The van der Waals surface area contributed by atoms with Gasteiger partial charge in [0.1, 0.15) is 17.3 Å². The van der Waals surface area contributed by atoms with Crippen molar-refractivity contribution in [2.75, 3.05) is 6.61 Å². The summed E-state index contributed by atoms with van der Waals surface area (Å²) < 4.78 is 32.8. The Labute approximate surface area is 142 Å². The Balaban J connectivity index is 2.63. The molecule has 1 N–H and O–H groups in total. The second-order valence-corrected chi connectivity index (χ2v) is 5.68. The highest BCUT2D eigenvalue weighted by Crippen LogP contribution is 2.25. The molecule has 8 heteroatoms. The number of esters is 1. The maximum atomic E-state index is 13.9. The lowest BCUT2D eigenvalue weighted by atomic mass is 10.1. The second-order valence-electron chi connectivity index (χ2n) is 5.68. The van der Waals surface area contributed by atoms with Crippen LogP contribution in [0.1, 0.15) is 48.3 Å². The molecule has 1 aromatic carbocycles. The highest BCUT2D eigenvalue weighted by atomic mass is 19.1. The molecule has 0 saturated carbocycles. The van der Waals surface area contributed by atoms with Crippen LogP contribution in [-0.4, -0.2) is 27.5 Å². The smallest absolute Gasteiger partial charge is 0.347 e. The van der Waals surface area contributed by atoms with Crippen LogP contribution in [-0.2, 0) is 11.3 Å². The van der Waals surface area contributed by atoms with E-state index in [2.05, 4.69) is 5.10 Å². The zero-order valence-electron chi connectivity index (χ0n) is 14.0. The minimum absolute atomic E-state index is 0.00950. The Morgan fingerprint density at radius 1 is 1.36 bits per heavy atom. The topological polar surface area (TPSA) is 81.4 Å². The van der Waals surface area contributed by atoms with Crippen LogP contribution in [0.2, 0.25) is 0 Å². The zero-order valence-corrected chi connectivity index (χ0v) is 14.0. The summed E-state index contributed by atoms with van der Waals surface area (Å²) in [6, 6.07) is 2.83. The molecule has 2 aromatic rings. The van der Waals surface area contributed by atoms with Gasteiger partial charge in [-0.05, 0) is 25.1 Å². The number of nitrogens with zero attached hydrogens (tertiary/aromatic N) is 2. The Kier molecular flexibility index (Phi) is 5.51. The minimum Gasteiger partial charge on any atom is -0.505 e. The highest BCUT2D eigenvalue weighted by Gasteiger charge is 2.25. The molecule has 1 aromatic heterocycles. The number of carbonyl (C=O) groups excluding carboxylic acids is 1. The molecule has 0 atom stereocenters. The van der Waals surface area contributed by atoms with Gasteiger partial charge < -0.3 is 9.84 Å². The van der Waals surface area contributed by atoms with Crippen molar-refractivity contribution in [1.82, 2.24) is 9.78 Å². The van der Waals surface area contributed by atoms with Crippen LogP contribution in [0.25, 0.3) is 0 Å². The van der Waals surface area contributed by atoms with Gasteiger partial charge in [0, 0.05) is 11.5 Å². The molecule has 134 valence electrons. The number of halogens is 2. The van der Waals surface area contributed by atoms with Crippen LogP contribution in [0.5, 0.6) is 5.75 Å².